The van der Waals surface area contributed by atoms with Gasteiger partial charge in [0.1, 0.15) is 11.9 Å². The van der Waals surface area contributed by atoms with Crippen LogP contribution < -0.4 is 0 Å². The van der Waals surface area contributed by atoms with Crippen LogP contribution in [-0.4, -0.2) is 94.3 Å². The highest BCUT2D eigenvalue weighted by molar-refractivity contribution is 6.23. The van der Waals surface area contributed by atoms with Gasteiger partial charge in [-0.2, -0.15) is 0 Å². The first-order chi connectivity index (χ1) is 17.4. The fourth-order valence-corrected chi connectivity index (χ4v) is 5.65. The van der Waals surface area contributed by atoms with Crippen LogP contribution in [-0.2, 0) is 14.3 Å². The molecule has 0 radical (unpaired) electrons. The van der Waals surface area contributed by atoms with Crippen molar-refractivity contribution in [3.8, 4) is 0 Å². The Kier molecular flexibility index (Phi) is 6.74. The summed E-state index contributed by atoms with van der Waals surface area (Å²) in [5, 5.41) is 0. The Bertz CT molecular complexity index is 1100. The van der Waals surface area contributed by atoms with E-state index in [1.807, 2.05) is 0 Å². The number of amides is 5. The summed E-state index contributed by atoms with van der Waals surface area (Å²) in [4.78, 5) is 69.3. The Labute approximate surface area is 207 Å². The van der Waals surface area contributed by atoms with Gasteiger partial charge in [0, 0.05) is 25.6 Å². The molecule has 36 heavy (non-hydrogen) atoms. The standard InChI is InChI=1S/C25H29FN4O6/c26-18-6-4-5-17-21(18)24(34)30(22(17)32)19-7-8-20(31)29(23(19)33)15-36-25(35)28-13-9-16(10-14-28)27-11-2-1-3-12-27/h4-6,16,19H,1-3,7-15H2. The second kappa shape index (κ2) is 9.96. The van der Waals surface area contributed by atoms with Gasteiger partial charge in [-0.05, 0) is 57.3 Å². The molecule has 1 aromatic carbocycles. The van der Waals surface area contributed by atoms with Crippen molar-refractivity contribution in [2.45, 2.75) is 57.0 Å². The van der Waals surface area contributed by atoms with Crippen LogP contribution >= 0.6 is 0 Å². The molecule has 1 unspecified atom stereocenters. The number of carbonyl (C=O) groups is 5. The van der Waals surface area contributed by atoms with Crippen LogP contribution in [0.25, 0.3) is 0 Å². The number of halogens is 1. The number of hydrogen-bond donors (Lipinski definition) is 0. The van der Waals surface area contributed by atoms with Crippen LogP contribution in [0.2, 0.25) is 0 Å². The van der Waals surface area contributed by atoms with Crippen LogP contribution in [0.5, 0.6) is 0 Å². The van der Waals surface area contributed by atoms with Gasteiger partial charge in [-0.15, -0.1) is 0 Å². The van der Waals surface area contributed by atoms with E-state index >= 15 is 0 Å². The number of fused-ring (bicyclic) bond motifs is 1. The van der Waals surface area contributed by atoms with E-state index < -0.39 is 48.3 Å². The lowest BCUT2D eigenvalue weighted by Crippen LogP contribution is -2.57. The second-order valence-corrected chi connectivity index (χ2v) is 9.71. The van der Waals surface area contributed by atoms with Gasteiger partial charge >= 0.3 is 6.09 Å². The summed E-state index contributed by atoms with van der Waals surface area (Å²) in [6.45, 7) is 2.65. The van der Waals surface area contributed by atoms with Gasteiger partial charge < -0.3 is 14.5 Å². The molecule has 0 spiro atoms. The fourth-order valence-electron chi connectivity index (χ4n) is 5.65. The molecular weight excluding hydrogens is 471 g/mol. The summed E-state index contributed by atoms with van der Waals surface area (Å²) in [5.74, 6) is -3.92. The maximum absolute atomic E-state index is 14.2. The molecule has 3 fully saturated rings. The molecule has 10 nitrogen and oxygen atoms in total. The van der Waals surface area contributed by atoms with E-state index in [1.54, 1.807) is 4.90 Å². The largest absolute Gasteiger partial charge is 0.427 e. The molecular formula is C25H29FN4O6. The molecule has 0 aromatic heterocycles. The highest BCUT2D eigenvalue weighted by atomic mass is 19.1. The number of hydrogen-bond acceptors (Lipinski definition) is 7. The van der Waals surface area contributed by atoms with Crippen molar-refractivity contribution >= 4 is 29.7 Å². The summed E-state index contributed by atoms with van der Waals surface area (Å²) in [6, 6.07) is 2.89. The quantitative estimate of drug-likeness (QED) is 0.582. The molecule has 5 amide bonds. The van der Waals surface area contributed by atoms with E-state index in [-0.39, 0.29) is 24.0 Å². The highest BCUT2D eigenvalue weighted by Gasteiger charge is 2.48. The molecule has 192 valence electrons. The van der Waals surface area contributed by atoms with Gasteiger partial charge in [-0.3, -0.25) is 24.1 Å². The number of rotatable bonds is 4. The highest BCUT2D eigenvalue weighted by Crippen LogP contribution is 2.30. The first-order valence-corrected chi connectivity index (χ1v) is 12.5. The van der Waals surface area contributed by atoms with E-state index in [0.717, 1.165) is 36.9 Å². The average Bonchev–Trinajstić information content (AvgIpc) is 3.15. The Balaban J connectivity index is 1.18. The number of carbonyl (C=O) groups excluding carboxylic acids is 5. The molecule has 5 rings (SSSR count). The second-order valence-electron chi connectivity index (χ2n) is 9.71. The summed E-state index contributed by atoms with van der Waals surface area (Å²) in [7, 11) is 0. The van der Waals surface area contributed by atoms with E-state index in [0.29, 0.717) is 24.0 Å². The molecule has 4 aliphatic heterocycles. The van der Waals surface area contributed by atoms with E-state index in [4.69, 9.17) is 4.74 Å². The van der Waals surface area contributed by atoms with Crippen molar-refractivity contribution < 1.29 is 33.1 Å². The molecule has 4 heterocycles. The van der Waals surface area contributed by atoms with Crippen molar-refractivity contribution in [1.29, 1.82) is 0 Å². The lowest BCUT2D eigenvalue weighted by Gasteiger charge is -2.40. The number of imide groups is 2. The first kappa shape index (κ1) is 24.4. The van der Waals surface area contributed by atoms with Gasteiger partial charge in [-0.25, -0.2) is 14.1 Å². The Morgan fingerprint density at radius 3 is 2.36 bits per heavy atom. The SMILES string of the molecule is O=C(OCN1C(=O)CCC(N2C(=O)c3cccc(F)c3C2=O)C1=O)N1CCC(N2CCCCC2)CC1. The third-order valence-electron chi connectivity index (χ3n) is 7.64. The number of likely N-dealkylation sites (tertiary alicyclic amines) is 3. The molecule has 1 atom stereocenters. The number of piperidine rings is 3. The maximum atomic E-state index is 14.2. The Hall–Kier alpha value is -3.34. The Morgan fingerprint density at radius 2 is 1.67 bits per heavy atom. The third-order valence-corrected chi connectivity index (χ3v) is 7.64. The zero-order chi connectivity index (χ0) is 25.4. The minimum absolute atomic E-state index is 0.0702. The monoisotopic (exact) mass is 500 g/mol. The maximum Gasteiger partial charge on any atom is 0.411 e. The van der Waals surface area contributed by atoms with Crippen molar-refractivity contribution in [3.63, 3.8) is 0 Å². The molecule has 0 saturated carbocycles. The molecule has 1 aromatic rings. The minimum atomic E-state index is -1.27. The lowest BCUT2D eigenvalue weighted by atomic mass is 10.0. The molecule has 11 heteroatoms. The zero-order valence-corrected chi connectivity index (χ0v) is 20.0. The molecule has 3 saturated heterocycles. The Morgan fingerprint density at radius 1 is 0.944 bits per heavy atom. The lowest BCUT2D eigenvalue weighted by molar-refractivity contribution is -0.156. The predicted molar refractivity (Wildman–Crippen MR) is 123 cm³/mol. The first-order valence-electron chi connectivity index (χ1n) is 12.5. The van der Waals surface area contributed by atoms with Crippen LogP contribution in [0.15, 0.2) is 18.2 Å². The summed E-state index contributed by atoms with van der Waals surface area (Å²) in [5.41, 5.74) is -0.492. The number of benzene rings is 1. The van der Waals surface area contributed by atoms with Crippen molar-refractivity contribution in [2.75, 3.05) is 32.9 Å². The van der Waals surface area contributed by atoms with Gasteiger partial charge in [0.2, 0.25) is 5.91 Å². The van der Waals surface area contributed by atoms with Crippen molar-refractivity contribution in [2.24, 2.45) is 0 Å². The normalized spacial score (nSPS) is 23.9. The van der Waals surface area contributed by atoms with Gasteiger partial charge in [0.15, 0.2) is 6.73 Å². The molecule has 0 N–H and O–H groups in total. The van der Waals surface area contributed by atoms with E-state index in [9.17, 15) is 28.4 Å². The van der Waals surface area contributed by atoms with Crippen LogP contribution in [0.1, 0.15) is 65.7 Å². The molecule has 0 aliphatic carbocycles. The zero-order valence-electron chi connectivity index (χ0n) is 20.0. The summed E-state index contributed by atoms with van der Waals surface area (Å²) in [6.07, 6.45) is 4.56. The number of nitrogens with zero attached hydrogens (tertiary/aromatic N) is 4. The minimum Gasteiger partial charge on any atom is -0.427 e. The van der Waals surface area contributed by atoms with Gasteiger partial charge in [0.05, 0.1) is 11.1 Å². The van der Waals surface area contributed by atoms with Crippen LogP contribution in [0.3, 0.4) is 0 Å². The van der Waals surface area contributed by atoms with Gasteiger partial charge in [0.25, 0.3) is 17.7 Å². The van der Waals surface area contributed by atoms with E-state index in [1.165, 1.54) is 31.4 Å². The molecule has 0 bridgehead atoms. The van der Waals surface area contributed by atoms with Gasteiger partial charge in [-0.1, -0.05) is 12.5 Å². The summed E-state index contributed by atoms with van der Waals surface area (Å²) < 4.78 is 19.5. The molecule has 4 aliphatic rings. The third kappa shape index (κ3) is 4.36. The predicted octanol–water partition coefficient (Wildman–Crippen LogP) is 1.98. The van der Waals surface area contributed by atoms with Crippen molar-refractivity contribution in [3.05, 3.63) is 35.1 Å². The number of ether oxygens (including phenoxy) is 1. The topological polar surface area (TPSA) is 108 Å². The van der Waals surface area contributed by atoms with Crippen molar-refractivity contribution in [1.82, 2.24) is 19.6 Å². The average molecular weight is 501 g/mol. The van der Waals surface area contributed by atoms with E-state index in [2.05, 4.69) is 4.90 Å². The van der Waals surface area contributed by atoms with Crippen LogP contribution in [0, 0.1) is 5.82 Å². The summed E-state index contributed by atoms with van der Waals surface area (Å²) >= 11 is 0. The fraction of sp³-hybridized carbons (Fsp3) is 0.560. The smallest absolute Gasteiger partial charge is 0.411 e. The van der Waals surface area contributed by atoms with Crippen LogP contribution in [0.4, 0.5) is 9.18 Å².